The fourth-order valence-corrected chi connectivity index (χ4v) is 3.79. The lowest BCUT2D eigenvalue weighted by molar-refractivity contribution is -0.119. The lowest BCUT2D eigenvalue weighted by Gasteiger charge is -2.20. The van der Waals surface area contributed by atoms with Gasteiger partial charge >= 0.3 is 0 Å². The van der Waals surface area contributed by atoms with Gasteiger partial charge in [-0.3, -0.25) is 9.59 Å². The number of furan rings is 1. The van der Waals surface area contributed by atoms with Crippen molar-refractivity contribution in [2.24, 2.45) is 5.92 Å². The number of anilines is 1. The molecule has 3 rings (SSSR count). The molecule has 2 N–H and O–H groups in total. The van der Waals surface area contributed by atoms with Crippen molar-refractivity contribution in [2.45, 2.75) is 33.2 Å². The first-order valence-corrected chi connectivity index (χ1v) is 10.4. The lowest BCUT2D eigenvalue weighted by Crippen LogP contribution is -2.25. The highest BCUT2D eigenvalue weighted by Gasteiger charge is 2.25. The minimum atomic E-state index is -0.313. The van der Waals surface area contributed by atoms with Crippen LogP contribution >= 0.6 is 22.9 Å². The summed E-state index contributed by atoms with van der Waals surface area (Å²) in [7, 11) is 0. The van der Waals surface area contributed by atoms with Crippen molar-refractivity contribution < 1.29 is 14.0 Å². The van der Waals surface area contributed by atoms with Gasteiger partial charge in [-0.05, 0) is 35.7 Å². The molecule has 6 nitrogen and oxygen atoms in total. The number of thiazole rings is 1. The van der Waals surface area contributed by atoms with E-state index < -0.39 is 0 Å². The number of carbonyl (C=O) groups is 2. The highest BCUT2D eigenvalue weighted by atomic mass is 35.5. The quantitative estimate of drug-likeness (QED) is 0.546. The zero-order chi connectivity index (χ0) is 21.0. The lowest BCUT2D eigenvalue weighted by atomic mass is 9.88. The summed E-state index contributed by atoms with van der Waals surface area (Å²) >= 11 is 7.30. The van der Waals surface area contributed by atoms with Crippen LogP contribution in [0.1, 0.15) is 38.0 Å². The molecule has 0 saturated carbocycles. The normalized spacial score (nSPS) is 12.0. The molecule has 2 heterocycles. The molecule has 8 heteroatoms. The summed E-state index contributed by atoms with van der Waals surface area (Å²) in [5.41, 5.74) is 1.54. The number of nitrogens with zero attached hydrogens (tertiary/aromatic N) is 1. The number of nitrogens with one attached hydrogen (secondary N) is 2. The fourth-order valence-electron chi connectivity index (χ4n) is 2.96. The third kappa shape index (κ3) is 5.46. The Morgan fingerprint density at radius 1 is 1.17 bits per heavy atom. The van der Waals surface area contributed by atoms with Gasteiger partial charge in [0.25, 0.3) is 0 Å². The average Bonchev–Trinajstić information content (AvgIpc) is 3.30. The predicted molar refractivity (Wildman–Crippen MR) is 115 cm³/mol. The maximum Gasteiger partial charge on any atom is 0.233 e. The SMILES string of the molecule is CC(=O)NCc1ccc(-c2csc(NC(=O)C(c3ccc(Cl)cc3)C(C)C)n2)o1. The van der Waals surface area contributed by atoms with E-state index in [9.17, 15) is 9.59 Å². The summed E-state index contributed by atoms with van der Waals surface area (Å²) in [6, 6.07) is 10.9. The van der Waals surface area contributed by atoms with Crippen molar-refractivity contribution in [3.63, 3.8) is 0 Å². The molecule has 0 aliphatic rings. The molecular weight excluding hydrogens is 410 g/mol. The standard InChI is InChI=1S/C21H22ClN3O3S/c1-12(2)19(14-4-6-15(22)7-5-14)20(27)25-21-24-17(11-29-21)18-9-8-16(28-18)10-23-13(3)26/h4-9,11-12,19H,10H2,1-3H3,(H,23,26)(H,24,25,27). The Morgan fingerprint density at radius 3 is 2.55 bits per heavy atom. The second-order valence-corrected chi connectivity index (χ2v) is 8.27. The maximum absolute atomic E-state index is 12.9. The van der Waals surface area contributed by atoms with Crippen molar-refractivity contribution in [2.75, 3.05) is 5.32 Å². The van der Waals surface area contributed by atoms with Crippen LogP contribution < -0.4 is 10.6 Å². The smallest absolute Gasteiger partial charge is 0.233 e. The molecular formula is C21H22ClN3O3S. The largest absolute Gasteiger partial charge is 0.458 e. The molecule has 0 aliphatic carbocycles. The first kappa shape index (κ1) is 21.1. The highest BCUT2D eigenvalue weighted by Crippen LogP contribution is 2.30. The Labute approximate surface area is 178 Å². The van der Waals surface area contributed by atoms with E-state index in [1.807, 2.05) is 31.4 Å². The molecule has 1 aromatic carbocycles. The van der Waals surface area contributed by atoms with Gasteiger partial charge in [0.1, 0.15) is 11.5 Å². The molecule has 0 spiro atoms. The average molecular weight is 432 g/mol. The molecule has 0 fully saturated rings. The molecule has 152 valence electrons. The van der Waals surface area contributed by atoms with E-state index in [4.69, 9.17) is 16.0 Å². The number of carbonyl (C=O) groups excluding carboxylic acids is 2. The van der Waals surface area contributed by atoms with E-state index in [0.29, 0.717) is 33.9 Å². The van der Waals surface area contributed by atoms with Crippen LogP contribution in [-0.2, 0) is 16.1 Å². The van der Waals surface area contributed by atoms with Crippen LogP contribution in [0.3, 0.4) is 0 Å². The van der Waals surface area contributed by atoms with Crippen LogP contribution in [0.2, 0.25) is 5.02 Å². The maximum atomic E-state index is 12.9. The second-order valence-electron chi connectivity index (χ2n) is 6.98. The minimum absolute atomic E-state index is 0.108. The minimum Gasteiger partial charge on any atom is -0.458 e. The van der Waals surface area contributed by atoms with E-state index in [0.717, 1.165) is 5.56 Å². The Morgan fingerprint density at radius 2 is 1.90 bits per heavy atom. The number of benzene rings is 1. The third-order valence-corrected chi connectivity index (χ3v) is 5.35. The topological polar surface area (TPSA) is 84.2 Å². The van der Waals surface area contributed by atoms with Crippen molar-refractivity contribution >= 4 is 39.9 Å². The van der Waals surface area contributed by atoms with Crippen LogP contribution in [-0.4, -0.2) is 16.8 Å². The molecule has 29 heavy (non-hydrogen) atoms. The molecule has 0 bridgehead atoms. The fraction of sp³-hybridized carbons (Fsp3) is 0.286. The summed E-state index contributed by atoms with van der Waals surface area (Å²) in [5.74, 6) is 0.775. The Hall–Kier alpha value is -2.64. The molecule has 1 unspecified atom stereocenters. The summed E-state index contributed by atoms with van der Waals surface area (Å²) in [6.07, 6.45) is 0. The number of halogens is 1. The van der Waals surface area contributed by atoms with Gasteiger partial charge in [0.2, 0.25) is 11.8 Å². The van der Waals surface area contributed by atoms with Crippen LogP contribution in [0.25, 0.3) is 11.5 Å². The highest BCUT2D eigenvalue weighted by molar-refractivity contribution is 7.14. The summed E-state index contributed by atoms with van der Waals surface area (Å²) in [6.45, 7) is 5.78. The van der Waals surface area contributed by atoms with Crippen molar-refractivity contribution in [1.29, 1.82) is 0 Å². The van der Waals surface area contributed by atoms with Gasteiger partial charge in [-0.25, -0.2) is 4.98 Å². The van der Waals surface area contributed by atoms with Gasteiger partial charge in [-0.2, -0.15) is 0 Å². The van der Waals surface area contributed by atoms with E-state index in [2.05, 4.69) is 15.6 Å². The summed E-state index contributed by atoms with van der Waals surface area (Å²) in [5, 5.41) is 8.56. The summed E-state index contributed by atoms with van der Waals surface area (Å²) in [4.78, 5) is 28.4. The molecule has 1 atom stereocenters. The second kappa shape index (κ2) is 9.24. The Bertz CT molecular complexity index is 995. The number of hydrogen-bond acceptors (Lipinski definition) is 5. The molecule has 3 aromatic rings. The van der Waals surface area contributed by atoms with Gasteiger partial charge in [0.15, 0.2) is 10.9 Å². The van der Waals surface area contributed by atoms with Gasteiger partial charge in [-0.1, -0.05) is 37.6 Å². The number of aromatic nitrogens is 1. The van der Waals surface area contributed by atoms with Gasteiger partial charge in [0.05, 0.1) is 12.5 Å². The zero-order valence-corrected chi connectivity index (χ0v) is 17.9. The number of rotatable bonds is 7. The van der Waals surface area contributed by atoms with Gasteiger partial charge < -0.3 is 15.1 Å². The number of hydrogen-bond donors (Lipinski definition) is 2. The zero-order valence-electron chi connectivity index (χ0n) is 16.4. The molecule has 2 aromatic heterocycles. The van der Waals surface area contributed by atoms with Crippen LogP contribution in [0.4, 0.5) is 5.13 Å². The Balaban J connectivity index is 1.70. The molecule has 0 aliphatic heterocycles. The molecule has 0 radical (unpaired) electrons. The van der Waals surface area contributed by atoms with Gasteiger partial charge in [-0.15, -0.1) is 11.3 Å². The van der Waals surface area contributed by atoms with E-state index in [1.54, 1.807) is 24.3 Å². The first-order valence-electron chi connectivity index (χ1n) is 9.19. The van der Waals surface area contributed by atoms with Crippen molar-refractivity contribution in [3.05, 3.63) is 58.1 Å². The summed E-state index contributed by atoms with van der Waals surface area (Å²) < 4.78 is 5.71. The van der Waals surface area contributed by atoms with Gasteiger partial charge in [0, 0.05) is 17.3 Å². The molecule has 2 amide bonds. The van der Waals surface area contributed by atoms with Crippen LogP contribution in [0.5, 0.6) is 0 Å². The third-order valence-electron chi connectivity index (χ3n) is 4.34. The van der Waals surface area contributed by atoms with Crippen LogP contribution in [0.15, 0.2) is 46.2 Å². The van der Waals surface area contributed by atoms with Crippen molar-refractivity contribution in [3.8, 4) is 11.5 Å². The Kier molecular flexibility index (Phi) is 6.71. The molecule has 0 saturated heterocycles. The van der Waals surface area contributed by atoms with E-state index >= 15 is 0 Å². The van der Waals surface area contributed by atoms with Crippen molar-refractivity contribution in [1.82, 2.24) is 10.3 Å². The first-order chi connectivity index (χ1) is 13.8. The van der Waals surface area contributed by atoms with Crippen LogP contribution in [0, 0.1) is 5.92 Å². The van der Waals surface area contributed by atoms with E-state index in [1.165, 1.54) is 18.3 Å². The number of amides is 2. The predicted octanol–water partition coefficient (Wildman–Crippen LogP) is 5.07. The van der Waals surface area contributed by atoms with E-state index in [-0.39, 0.29) is 23.7 Å². The monoisotopic (exact) mass is 431 g/mol.